The number of piperidine rings is 1. The van der Waals surface area contributed by atoms with Gasteiger partial charge < -0.3 is 15.2 Å². The quantitative estimate of drug-likeness (QED) is 0.793. The summed E-state index contributed by atoms with van der Waals surface area (Å²) in [6.07, 6.45) is 2.70. The van der Waals surface area contributed by atoms with Crippen LogP contribution in [0.2, 0.25) is 0 Å². The molecular weight excluding hydrogens is 304 g/mol. The van der Waals surface area contributed by atoms with Crippen molar-refractivity contribution in [2.75, 3.05) is 26.8 Å². The van der Waals surface area contributed by atoms with Gasteiger partial charge in [0.25, 0.3) is 0 Å². The van der Waals surface area contributed by atoms with Crippen LogP contribution < -0.4 is 10.5 Å². The lowest BCUT2D eigenvalue weighted by atomic mass is 9.76. The van der Waals surface area contributed by atoms with Gasteiger partial charge in [-0.15, -0.1) is 0 Å². The molecule has 2 N–H and O–H groups in total. The fourth-order valence-electron chi connectivity index (χ4n) is 3.39. The van der Waals surface area contributed by atoms with Crippen molar-refractivity contribution in [3.8, 4) is 5.75 Å². The van der Waals surface area contributed by atoms with E-state index in [9.17, 15) is 4.79 Å². The van der Waals surface area contributed by atoms with Crippen LogP contribution in [0.1, 0.15) is 38.7 Å². The van der Waals surface area contributed by atoms with Crippen molar-refractivity contribution >= 4 is 5.91 Å². The summed E-state index contributed by atoms with van der Waals surface area (Å²) in [7, 11) is 1.66. The summed E-state index contributed by atoms with van der Waals surface area (Å²) in [6.45, 7) is 7.13. The predicted octanol–water partition coefficient (Wildman–Crippen LogP) is 2.58. The maximum Gasteiger partial charge on any atom is 0.225 e. The van der Waals surface area contributed by atoms with E-state index in [2.05, 4.69) is 17.0 Å². The number of benzene rings is 1. The van der Waals surface area contributed by atoms with Gasteiger partial charge in [0.1, 0.15) is 5.75 Å². The first-order chi connectivity index (χ1) is 11.4. The normalized spacial score (nSPS) is 21.8. The number of nitrogens with zero attached hydrogens (tertiary/aromatic N) is 1. The number of nitrogens with two attached hydrogens (primary N) is 1. The Morgan fingerprint density at radius 3 is 2.62 bits per heavy atom. The Morgan fingerprint density at radius 1 is 1.33 bits per heavy atom. The molecule has 1 atom stereocenters. The number of hydrogen-bond acceptors (Lipinski definition) is 4. The highest BCUT2D eigenvalue weighted by molar-refractivity contribution is 5.81. The molecule has 1 unspecified atom stereocenters. The predicted molar refractivity (Wildman–Crippen MR) is 94.8 cm³/mol. The first kappa shape index (κ1) is 18.7. The zero-order valence-corrected chi connectivity index (χ0v) is 15.1. The number of methoxy groups -OCH3 is 1. The minimum Gasteiger partial charge on any atom is -0.491 e. The lowest BCUT2D eigenvalue weighted by Crippen LogP contribution is -2.50. The van der Waals surface area contributed by atoms with E-state index in [1.54, 1.807) is 7.11 Å². The molecular formula is C19H30N2O3. The van der Waals surface area contributed by atoms with Crippen molar-refractivity contribution in [3.63, 3.8) is 0 Å². The second-order valence-electron chi connectivity index (χ2n) is 7.01. The topological polar surface area (TPSA) is 64.8 Å². The zero-order valence-electron chi connectivity index (χ0n) is 15.1. The number of primary amides is 1. The minimum atomic E-state index is -0.463. The van der Waals surface area contributed by atoms with E-state index in [4.69, 9.17) is 15.2 Å². The number of amides is 1. The van der Waals surface area contributed by atoms with E-state index in [-0.39, 0.29) is 12.0 Å². The first-order valence-electron chi connectivity index (χ1n) is 8.72. The van der Waals surface area contributed by atoms with E-state index in [1.165, 1.54) is 5.56 Å². The SMILES string of the molecule is COCCC1(C(N)=O)CCCN(Cc2ccc(OC(C)C)cc2)C1. The van der Waals surface area contributed by atoms with Crippen molar-refractivity contribution in [1.29, 1.82) is 0 Å². The Labute approximate surface area is 145 Å². The van der Waals surface area contributed by atoms with E-state index < -0.39 is 5.41 Å². The van der Waals surface area contributed by atoms with Gasteiger partial charge in [0.15, 0.2) is 0 Å². The van der Waals surface area contributed by atoms with Crippen molar-refractivity contribution in [2.45, 2.75) is 45.8 Å². The molecule has 1 aliphatic heterocycles. The molecule has 1 amide bonds. The van der Waals surface area contributed by atoms with Crippen LogP contribution in [0.3, 0.4) is 0 Å². The molecule has 1 saturated heterocycles. The fourth-order valence-corrected chi connectivity index (χ4v) is 3.39. The molecule has 1 aromatic carbocycles. The second-order valence-corrected chi connectivity index (χ2v) is 7.01. The smallest absolute Gasteiger partial charge is 0.225 e. The molecule has 1 heterocycles. The van der Waals surface area contributed by atoms with Gasteiger partial charge in [-0.2, -0.15) is 0 Å². The average Bonchev–Trinajstić information content (AvgIpc) is 2.54. The molecule has 1 aliphatic rings. The van der Waals surface area contributed by atoms with Crippen LogP contribution in [0.15, 0.2) is 24.3 Å². The van der Waals surface area contributed by atoms with Crippen molar-refractivity contribution in [1.82, 2.24) is 4.90 Å². The van der Waals surface area contributed by atoms with Crippen LogP contribution in [-0.2, 0) is 16.1 Å². The standard InChI is InChI=1S/C19H30N2O3/c1-15(2)24-17-7-5-16(6-8-17)13-21-11-4-9-19(14-21,18(20)22)10-12-23-3/h5-8,15H,4,9-14H2,1-3H3,(H2,20,22). The van der Waals surface area contributed by atoms with Crippen molar-refractivity contribution < 1.29 is 14.3 Å². The molecule has 1 fully saturated rings. The molecule has 0 aliphatic carbocycles. The summed E-state index contributed by atoms with van der Waals surface area (Å²) in [6, 6.07) is 8.19. The molecule has 5 nitrogen and oxygen atoms in total. The van der Waals surface area contributed by atoms with E-state index >= 15 is 0 Å². The summed E-state index contributed by atoms with van der Waals surface area (Å²) in [5.41, 5.74) is 6.48. The van der Waals surface area contributed by atoms with Crippen LogP contribution in [0.4, 0.5) is 0 Å². The van der Waals surface area contributed by atoms with Crippen LogP contribution in [0.5, 0.6) is 5.75 Å². The van der Waals surface area contributed by atoms with E-state index in [0.29, 0.717) is 19.6 Å². The third-order valence-corrected chi connectivity index (χ3v) is 4.66. The molecule has 2 rings (SSSR count). The van der Waals surface area contributed by atoms with Gasteiger partial charge in [-0.1, -0.05) is 12.1 Å². The molecule has 134 valence electrons. The lowest BCUT2D eigenvalue weighted by molar-refractivity contribution is -0.132. The number of rotatable bonds is 8. The molecule has 0 radical (unpaired) electrons. The lowest BCUT2D eigenvalue weighted by Gasteiger charge is -2.40. The summed E-state index contributed by atoms with van der Waals surface area (Å²) in [5.74, 6) is 0.684. The van der Waals surface area contributed by atoms with Gasteiger partial charge >= 0.3 is 0 Å². The summed E-state index contributed by atoms with van der Waals surface area (Å²) < 4.78 is 10.9. The molecule has 1 aromatic rings. The maximum atomic E-state index is 12.1. The Balaban J connectivity index is 2.00. The maximum absolute atomic E-state index is 12.1. The fraction of sp³-hybridized carbons (Fsp3) is 0.632. The number of hydrogen-bond donors (Lipinski definition) is 1. The van der Waals surface area contributed by atoms with Gasteiger partial charge in [0.05, 0.1) is 11.5 Å². The molecule has 24 heavy (non-hydrogen) atoms. The van der Waals surface area contributed by atoms with Gasteiger partial charge in [-0.3, -0.25) is 9.69 Å². The molecule has 0 aromatic heterocycles. The highest BCUT2D eigenvalue weighted by Crippen LogP contribution is 2.34. The van der Waals surface area contributed by atoms with Crippen molar-refractivity contribution in [3.05, 3.63) is 29.8 Å². The Morgan fingerprint density at radius 2 is 2.04 bits per heavy atom. The first-order valence-corrected chi connectivity index (χ1v) is 8.72. The van der Waals surface area contributed by atoms with Crippen LogP contribution in [-0.4, -0.2) is 43.7 Å². The Kier molecular flexibility index (Phi) is 6.63. The molecule has 0 spiro atoms. The van der Waals surface area contributed by atoms with E-state index in [0.717, 1.165) is 31.7 Å². The highest BCUT2D eigenvalue weighted by Gasteiger charge is 2.40. The summed E-state index contributed by atoms with van der Waals surface area (Å²) >= 11 is 0. The third-order valence-electron chi connectivity index (χ3n) is 4.66. The van der Waals surface area contributed by atoms with Gasteiger partial charge in [-0.05, 0) is 57.4 Å². The van der Waals surface area contributed by atoms with Crippen LogP contribution in [0, 0.1) is 5.41 Å². The largest absolute Gasteiger partial charge is 0.491 e. The van der Waals surface area contributed by atoms with Gasteiger partial charge in [-0.25, -0.2) is 0 Å². The number of carbonyl (C=O) groups is 1. The summed E-state index contributed by atoms with van der Waals surface area (Å²) in [4.78, 5) is 14.4. The van der Waals surface area contributed by atoms with Gasteiger partial charge in [0, 0.05) is 26.8 Å². The highest BCUT2D eigenvalue weighted by atomic mass is 16.5. The average molecular weight is 334 g/mol. The second kappa shape index (κ2) is 8.49. The zero-order chi connectivity index (χ0) is 17.6. The monoisotopic (exact) mass is 334 g/mol. The van der Waals surface area contributed by atoms with Gasteiger partial charge in [0.2, 0.25) is 5.91 Å². The summed E-state index contributed by atoms with van der Waals surface area (Å²) in [5, 5.41) is 0. The number of likely N-dealkylation sites (tertiary alicyclic amines) is 1. The number of ether oxygens (including phenoxy) is 2. The molecule has 0 bridgehead atoms. The molecule has 0 saturated carbocycles. The minimum absolute atomic E-state index is 0.176. The number of carbonyl (C=O) groups excluding carboxylic acids is 1. The van der Waals surface area contributed by atoms with Crippen LogP contribution in [0.25, 0.3) is 0 Å². The van der Waals surface area contributed by atoms with Crippen molar-refractivity contribution in [2.24, 2.45) is 11.1 Å². The molecule has 5 heteroatoms. The van der Waals surface area contributed by atoms with E-state index in [1.807, 2.05) is 26.0 Å². The Bertz CT molecular complexity index is 530. The Hall–Kier alpha value is -1.59. The van der Waals surface area contributed by atoms with Crippen LogP contribution >= 0.6 is 0 Å². The third kappa shape index (κ3) is 4.95.